The lowest BCUT2D eigenvalue weighted by Crippen LogP contribution is -1.86. The highest BCUT2D eigenvalue weighted by atomic mass is 16.6. The summed E-state index contributed by atoms with van der Waals surface area (Å²) in [5, 5.41) is 0. The van der Waals surface area contributed by atoms with Crippen LogP contribution in [0.1, 0.15) is 31.9 Å². The van der Waals surface area contributed by atoms with Crippen LogP contribution >= 0.6 is 0 Å². The van der Waals surface area contributed by atoms with E-state index in [1.807, 2.05) is 6.42 Å². The van der Waals surface area contributed by atoms with Crippen LogP contribution in [0.5, 0.6) is 0 Å². The van der Waals surface area contributed by atoms with E-state index in [4.69, 9.17) is 0 Å². The molecule has 3 nitrogen and oxygen atoms in total. The zero-order chi connectivity index (χ0) is 8.10. The molecule has 0 bridgehead atoms. The van der Waals surface area contributed by atoms with Gasteiger partial charge in [-0.3, -0.25) is 0 Å². The van der Waals surface area contributed by atoms with Crippen molar-refractivity contribution in [2.75, 3.05) is 0 Å². The molecule has 0 saturated heterocycles. The fourth-order valence-corrected chi connectivity index (χ4v) is 0.789. The molecule has 0 aromatic carbocycles. The average molecular weight is 155 g/mol. The summed E-state index contributed by atoms with van der Waals surface area (Å²) in [6.07, 6.45) is 6.36. The maximum absolute atomic E-state index is 10.4. The number of hydrogen-bond acceptors (Lipinski definition) is 3. The Morgan fingerprint density at radius 2 is 2.45 bits per heavy atom. The van der Waals surface area contributed by atoms with E-state index < -0.39 is 5.82 Å². The van der Waals surface area contributed by atoms with Crippen molar-refractivity contribution in [3.8, 4) is 0 Å². The Bertz CT molecular complexity index is 246. The molecule has 0 aliphatic heterocycles. The van der Waals surface area contributed by atoms with Crippen molar-refractivity contribution in [1.29, 1.82) is 0 Å². The fraction of sp³-hybridized carbons (Fsp3) is 0.500. The minimum Gasteiger partial charge on any atom is -0.399 e. The van der Waals surface area contributed by atoms with Crippen LogP contribution in [0.3, 0.4) is 0 Å². The van der Waals surface area contributed by atoms with Gasteiger partial charge < -0.3 is 8.83 Å². The van der Waals surface area contributed by atoms with Crippen molar-refractivity contribution < 1.29 is 8.83 Å². The fourth-order valence-electron chi connectivity index (χ4n) is 0.789. The summed E-state index contributed by atoms with van der Waals surface area (Å²) < 4.78 is 9.09. The SMILES string of the molecule is CCCC[CH]c1coc(=O)o1. The number of hydrogen-bond donors (Lipinski definition) is 0. The molecule has 0 amide bonds. The summed E-state index contributed by atoms with van der Waals surface area (Å²) in [4.78, 5) is 10.4. The third-order valence-electron chi connectivity index (χ3n) is 1.38. The molecule has 0 aliphatic rings. The second-order valence-electron chi connectivity index (χ2n) is 2.34. The van der Waals surface area contributed by atoms with Gasteiger partial charge in [-0.2, -0.15) is 0 Å². The molecule has 1 aromatic heterocycles. The first kappa shape index (κ1) is 8.11. The Morgan fingerprint density at radius 3 is 3.00 bits per heavy atom. The number of unbranched alkanes of at least 4 members (excludes halogenated alkanes) is 2. The average Bonchev–Trinajstić information content (AvgIpc) is 2.37. The van der Waals surface area contributed by atoms with Gasteiger partial charge in [-0.25, -0.2) is 4.79 Å². The van der Waals surface area contributed by atoms with Gasteiger partial charge in [-0.05, 0) is 6.42 Å². The van der Waals surface area contributed by atoms with E-state index in [0.717, 1.165) is 19.3 Å². The van der Waals surface area contributed by atoms with Crippen molar-refractivity contribution in [1.82, 2.24) is 0 Å². The second-order valence-corrected chi connectivity index (χ2v) is 2.34. The van der Waals surface area contributed by atoms with Gasteiger partial charge in [0.25, 0.3) is 0 Å². The molecule has 0 N–H and O–H groups in total. The van der Waals surface area contributed by atoms with E-state index in [1.54, 1.807) is 0 Å². The molecule has 0 fully saturated rings. The van der Waals surface area contributed by atoms with Gasteiger partial charge in [-0.15, -0.1) is 0 Å². The summed E-state index contributed by atoms with van der Waals surface area (Å²) in [5.74, 6) is -0.101. The highest BCUT2D eigenvalue weighted by Gasteiger charge is 1.99. The third-order valence-corrected chi connectivity index (χ3v) is 1.38. The highest BCUT2D eigenvalue weighted by Crippen LogP contribution is 2.06. The largest absolute Gasteiger partial charge is 0.518 e. The molecule has 1 radical (unpaired) electrons. The summed E-state index contributed by atoms with van der Waals surface area (Å²) in [6, 6.07) is 0. The lowest BCUT2D eigenvalue weighted by atomic mass is 10.2. The Balaban J connectivity index is 2.33. The van der Waals surface area contributed by atoms with Crippen LogP contribution in [0.15, 0.2) is 19.9 Å². The van der Waals surface area contributed by atoms with Crippen LogP contribution in [-0.4, -0.2) is 0 Å². The molecule has 0 atom stereocenters. The van der Waals surface area contributed by atoms with E-state index in [9.17, 15) is 4.79 Å². The van der Waals surface area contributed by atoms with Gasteiger partial charge in [0, 0.05) is 6.42 Å². The molecular weight excluding hydrogens is 144 g/mol. The number of rotatable bonds is 4. The maximum Gasteiger partial charge on any atom is 0.518 e. The molecule has 1 heterocycles. The lowest BCUT2D eigenvalue weighted by Gasteiger charge is -1.90. The van der Waals surface area contributed by atoms with Gasteiger partial charge in [-0.1, -0.05) is 19.8 Å². The smallest absolute Gasteiger partial charge is 0.399 e. The molecule has 1 aromatic rings. The minimum absolute atomic E-state index is 0.531. The van der Waals surface area contributed by atoms with Crippen LogP contribution in [-0.2, 0) is 0 Å². The van der Waals surface area contributed by atoms with Crippen molar-refractivity contribution in [3.63, 3.8) is 0 Å². The van der Waals surface area contributed by atoms with E-state index >= 15 is 0 Å². The molecule has 3 heteroatoms. The monoisotopic (exact) mass is 155 g/mol. The molecule has 1 rings (SSSR count). The van der Waals surface area contributed by atoms with E-state index in [-0.39, 0.29) is 0 Å². The maximum atomic E-state index is 10.4. The summed E-state index contributed by atoms with van der Waals surface area (Å²) in [5.41, 5.74) is 0. The van der Waals surface area contributed by atoms with Crippen molar-refractivity contribution in [3.05, 3.63) is 29.1 Å². The summed E-state index contributed by atoms with van der Waals surface area (Å²) in [7, 11) is 0. The summed E-state index contributed by atoms with van der Waals surface area (Å²) >= 11 is 0. The zero-order valence-electron chi connectivity index (χ0n) is 6.50. The van der Waals surface area contributed by atoms with Crippen LogP contribution in [0.2, 0.25) is 0 Å². The van der Waals surface area contributed by atoms with Crippen molar-refractivity contribution in [2.45, 2.75) is 26.2 Å². The minimum atomic E-state index is -0.632. The Hall–Kier alpha value is -0.990. The zero-order valence-corrected chi connectivity index (χ0v) is 6.50. The normalized spacial score (nSPS) is 10.3. The predicted molar refractivity (Wildman–Crippen MR) is 40.2 cm³/mol. The van der Waals surface area contributed by atoms with Gasteiger partial charge in [0.15, 0.2) is 5.76 Å². The van der Waals surface area contributed by atoms with Crippen LogP contribution in [0, 0.1) is 6.42 Å². The Labute approximate surface area is 65.0 Å². The predicted octanol–water partition coefficient (Wildman–Crippen LogP) is 1.98. The van der Waals surface area contributed by atoms with Gasteiger partial charge >= 0.3 is 5.82 Å². The van der Waals surface area contributed by atoms with Crippen molar-refractivity contribution in [2.24, 2.45) is 0 Å². The van der Waals surface area contributed by atoms with Gasteiger partial charge in [0.05, 0.1) is 0 Å². The Kier molecular flexibility index (Phi) is 2.95. The topological polar surface area (TPSA) is 43.4 Å². The van der Waals surface area contributed by atoms with Crippen LogP contribution in [0.4, 0.5) is 0 Å². The van der Waals surface area contributed by atoms with Gasteiger partial charge in [0.2, 0.25) is 0 Å². The molecule has 11 heavy (non-hydrogen) atoms. The molecule has 0 aliphatic carbocycles. The molecular formula is C8H11O3. The van der Waals surface area contributed by atoms with Crippen LogP contribution < -0.4 is 5.82 Å². The quantitative estimate of drug-likeness (QED) is 0.624. The molecule has 0 saturated carbocycles. The Morgan fingerprint density at radius 1 is 1.64 bits per heavy atom. The van der Waals surface area contributed by atoms with Crippen molar-refractivity contribution >= 4 is 0 Å². The highest BCUT2D eigenvalue weighted by molar-refractivity contribution is 5.00. The molecule has 0 spiro atoms. The first-order chi connectivity index (χ1) is 5.33. The van der Waals surface area contributed by atoms with E-state index in [1.165, 1.54) is 6.26 Å². The summed E-state index contributed by atoms with van der Waals surface area (Å²) in [6.45, 7) is 2.11. The van der Waals surface area contributed by atoms with E-state index in [2.05, 4.69) is 15.8 Å². The lowest BCUT2D eigenvalue weighted by molar-refractivity contribution is 0.379. The second kappa shape index (κ2) is 4.01. The first-order valence-corrected chi connectivity index (χ1v) is 3.74. The standard InChI is InChI=1S/C8H11O3/c1-2-3-4-5-7-6-10-8(9)11-7/h5-6H,2-4H2,1H3. The third kappa shape index (κ3) is 2.62. The van der Waals surface area contributed by atoms with Gasteiger partial charge in [0.1, 0.15) is 6.26 Å². The van der Waals surface area contributed by atoms with Crippen LogP contribution in [0.25, 0.3) is 0 Å². The first-order valence-electron chi connectivity index (χ1n) is 3.74. The molecule has 61 valence electrons. The molecule has 0 unspecified atom stereocenters. The van der Waals surface area contributed by atoms with E-state index in [0.29, 0.717) is 5.76 Å².